The number of carbonyl (C=O) groups excluding carboxylic acids is 1. The molecule has 6 heteroatoms. The number of rotatable bonds is 3. The second kappa shape index (κ2) is 4.93. The molecule has 0 aliphatic rings. The Labute approximate surface area is 114 Å². The van der Waals surface area contributed by atoms with Crippen molar-refractivity contribution >= 4 is 23.0 Å². The predicted octanol–water partition coefficient (Wildman–Crippen LogP) is 2.21. The van der Waals surface area contributed by atoms with Crippen molar-refractivity contribution in [2.24, 2.45) is 0 Å². The van der Waals surface area contributed by atoms with Crippen molar-refractivity contribution in [2.75, 3.05) is 5.73 Å². The first-order chi connectivity index (χ1) is 9.78. The number of ether oxygens (including phenoxy) is 1. The number of benzene rings is 1. The largest absolute Gasteiger partial charge is 0.438 e. The molecule has 0 radical (unpaired) electrons. The SMILES string of the molecule is Nc1ncnc(Oc2ccc3ncccc3c2)c1C=O. The molecule has 0 spiro atoms. The van der Waals surface area contributed by atoms with Gasteiger partial charge in [0.05, 0.1) is 5.52 Å². The van der Waals surface area contributed by atoms with Gasteiger partial charge in [-0.25, -0.2) is 9.97 Å². The van der Waals surface area contributed by atoms with Crippen molar-refractivity contribution in [3.8, 4) is 11.6 Å². The summed E-state index contributed by atoms with van der Waals surface area (Å²) in [5.41, 5.74) is 6.60. The summed E-state index contributed by atoms with van der Waals surface area (Å²) in [6, 6.07) is 9.16. The molecular formula is C14H10N4O2. The Morgan fingerprint density at radius 3 is 2.90 bits per heavy atom. The second-order valence-electron chi connectivity index (χ2n) is 4.06. The Kier molecular flexibility index (Phi) is 2.96. The van der Waals surface area contributed by atoms with E-state index in [0.717, 1.165) is 10.9 Å². The fourth-order valence-corrected chi connectivity index (χ4v) is 1.81. The zero-order chi connectivity index (χ0) is 13.9. The first-order valence-corrected chi connectivity index (χ1v) is 5.86. The summed E-state index contributed by atoms with van der Waals surface area (Å²) in [5.74, 6) is 0.773. The van der Waals surface area contributed by atoms with E-state index in [0.29, 0.717) is 12.0 Å². The predicted molar refractivity (Wildman–Crippen MR) is 73.6 cm³/mol. The molecule has 2 aromatic heterocycles. The van der Waals surface area contributed by atoms with Crippen molar-refractivity contribution < 1.29 is 9.53 Å². The third kappa shape index (κ3) is 2.14. The Hall–Kier alpha value is -3.02. The van der Waals surface area contributed by atoms with Gasteiger partial charge in [-0.15, -0.1) is 0 Å². The fraction of sp³-hybridized carbons (Fsp3) is 0. The summed E-state index contributed by atoms with van der Waals surface area (Å²) < 4.78 is 5.60. The minimum absolute atomic E-state index is 0.0902. The van der Waals surface area contributed by atoms with Crippen LogP contribution in [0.3, 0.4) is 0 Å². The number of hydrogen-bond donors (Lipinski definition) is 1. The van der Waals surface area contributed by atoms with E-state index in [1.54, 1.807) is 12.3 Å². The second-order valence-corrected chi connectivity index (χ2v) is 4.06. The number of fused-ring (bicyclic) bond motifs is 1. The maximum absolute atomic E-state index is 11.0. The normalized spacial score (nSPS) is 10.4. The third-order valence-electron chi connectivity index (χ3n) is 2.79. The summed E-state index contributed by atoms with van der Waals surface area (Å²) in [4.78, 5) is 22.9. The lowest BCUT2D eigenvalue weighted by atomic mass is 10.2. The van der Waals surface area contributed by atoms with Crippen molar-refractivity contribution in [1.82, 2.24) is 15.0 Å². The van der Waals surface area contributed by atoms with Gasteiger partial charge in [-0.05, 0) is 24.3 Å². The van der Waals surface area contributed by atoms with E-state index in [1.165, 1.54) is 6.33 Å². The highest BCUT2D eigenvalue weighted by Crippen LogP contribution is 2.26. The Balaban J connectivity index is 2.01. The van der Waals surface area contributed by atoms with Gasteiger partial charge in [0, 0.05) is 11.6 Å². The first-order valence-electron chi connectivity index (χ1n) is 5.86. The summed E-state index contributed by atoms with van der Waals surface area (Å²) in [7, 11) is 0. The highest BCUT2D eigenvalue weighted by molar-refractivity contribution is 5.85. The molecule has 0 saturated heterocycles. The third-order valence-corrected chi connectivity index (χ3v) is 2.79. The van der Waals surface area contributed by atoms with Gasteiger partial charge in [0.15, 0.2) is 6.29 Å². The van der Waals surface area contributed by atoms with Crippen LogP contribution in [0.15, 0.2) is 42.9 Å². The Morgan fingerprint density at radius 1 is 1.15 bits per heavy atom. The number of nitrogen functional groups attached to an aromatic ring is 1. The monoisotopic (exact) mass is 266 g/mol. The number of hydrogen-bond acceptors (Lipinski definition) is 6. The zero-order valence-corrected chi connectivity index (χ0v) is 10.4. The topological polar surface area (TPSA) is 91.0 Å². The Morgan fingerprint density at radius 2 is 2.05 bits per heavy atom. The van der Waals surface area contributed by atoms with Crippen LogP contribution in [-0.4, -0.2) is 21.2 Å². The lowest BCUT2D eigenvalue weighted by Crippen LogP contribution is -2.01. The number of carbonyl (C=O) groups is 1. The van der Waals surface area contributed by atoms with Crippen LogP contribution in [0.5, 0.6) is 11.6 Å². The van der Waals surface area contributed by atoms with Crippen molar-refractivity contribution in [3.05, 3.63) is 48.4 Å². The molecule has 2 N–H and O–H groups in total. The van der Waals surface area contributed by atoms with E-state index < -0.39 is 0 Å². The summed E-state index contributed by atoms with van der Waals surface area (Å²) in [6.07, 6.45) is 3.55. The van der Waals surface area contributed by atoms with Crippen LogP contribution in [0.4, 0.5) is 5.82 Å². The molecule has 0 aliphatic carbocycles. The molecule has 0 unspecified atom stereocenters. The number of aldehydes is 1. The number of aromatic nitrogens is 3. The van der Waals surface area contributed by atoms with E-state index in [1.807, 2.05) is 24.3 Å². The van der Waals surface area contributed by atoms with Gasteiger partial charge < -0.3 is 10.5 Å². The molecule has 0 atom stereocenters. The van der Waals surface area contributed by atoms with Gasteiger partial charge in [0.1, 0.15) is 23.5 Å². The van der Waals surface area contributed by atoms with E-state index in [2.05, 4.69) is 15.0 Å². The Bertz CT molecular complexity index is 789. The van der Waals surface area contributed by atoms with E-state index in [4.69, 9.17) is 10.5 Å². The highest BCUT2D eigenvalue weighted by atomic mass is 16.5. The molecule has 20 heavy (non-hydrogen) atoms. The number of anilines is 1. The van der Waals surface area contributed by atoms with Crippen molar-refractivity contribution in [3.63, 3.8) is 0 Å². The van der Waals surface area contributed by atoms with E-state index >= 15 is 0 Å². The summed E-state index contributed by atoms with van der Waals surface area (Å²) in [6.45, 7) is 0. The van der Waals surface area contributed by atoms with Crippen molar-refractivity contribution in [2.45, 2.75) is 0 Å². The standard InChI is InChI=1S/C14H10N4O2/c15-13-11(7-19)14(18-8-17-13)20-10-3-4-12-9(6-10)2-1-5-16-12/h1-8H,(H2,15,17,18). The molecule has 1 aromatic carbocycles. The zero-order valence-electron chi connectivity index (χ0n) is 10.4. The van der Waals surface area contributed by atoms with Crippen LogP contribution in [0, 0.1) is 0 Å². The fourth-order valence-electron chi connectivity index (χ4n) is 1.81. The quantitative estimate of drug-likeness (QED) is 0.731. The average Bonchev–Trinajstić information content (AvgIpc) is 2.47. The number of pyridine rings is 1. The smallest absolute Gasteiger partial charge is 0.235 e. The molecule has 3 aromatic rings. The molecule has 2 heterocycles. The van der Waals surface area contributed by atoms with Crippen LogP contribution >= 0.6 is 0 Å². The summed E-state index contributed by atoms with van der Waals surface area (Å²) >= 11 is 0. The molecule has 98 valence electrons. The molecule has 0 aliphatic heterocycles. The lowest BCUT2D eigenvalue weighted by Gasteiger charge is -2.08. The van der Waals surface area contributed by atoms with E-state index in [-0.39, 0.29) is 17.3 Å². The van der Waals surface area contributed by atoms with Gasteiger partial charge in [0.25, 0.3) is 0 Å². The first kappa shape index (κ1) is 12.0. The maximum Gasteiger partial charge on any atom is 0.235 e. The molecular weight excluding hydrogens is 256 g/mol. The molecule has 0 saturated carbocycles. The molecule has 6 nitrogen and oxygen atoms in total. The number of nitrogens with zero attached hydrogens (tertiary/aromatic N) is 3. The highest BCUT2D eigenvalue weighted by Gasteiger charge is 2.10. The van der Waals surface area contributed by atoms with Gasteiger partial charge in [-0.1, -0.05) is 6.07 Å². The molecule has 0 fully saturated rings. The van der Waals surface area contributed by atoms with Crippen LogP contribution in [0.1, 0.15) is 10.4 Å². The van der Waals surface area contributed by atoms with Gasteiger partial charge >= 0.3 is 0 Å². The molecule has 0 bridgehead atoms. The number of nitrogens with two attached hydrogens (primary N) is 1. The van der Waals surface area contributed by atoms with Crippen molar-refractivity contribution in [1.29, 1.82) is 0 Å². The minimum atomic E-state index is 0.0902. The van der Waals surface area contributed by atoms with Crippen LogP contribution in [-0.2, 0) is 0 Å². The lowest BCUT2D eigenvalue weighted by molar-refractivity contribution is 0.112. The molecule has 0 amide bonds. The molecule has 3 rings (SSSR count). The van der Waals surface area contributed by atoms with Gasteiger partial charge in [-0.2, -0.15) is 0 Å². The summed E-state index contributed by atoms with van der Waals surface area (Å²) in [5, 5.41) is 0.930. The minimum Gasteiger partial charge on any atom is -0.438 e. The van der Waals surface area contributed by atoms with Crippen LogP contribution < -0.4 is 10.5 Å². The average molecular weight is 266 g/mol. The van der Waals surface area contributed by atoms with Gasteiger partial charge in [0.2, 0.25) is 5.88 Å². The maximum atomic E-state index is 11.0. The van der Waals surface area contributed by atoms with Gasteiger partial charge in [-0.3, -0.25) is 9.78 Å². The van der Waals surface area contributed by atoms with Crippen LogP contribution in [0.2, 0.25) is 0 Å². The van der Waals surface area contributed by atoms with E-state index in [9.17, 15) is 4.79 Å². The van der Waals surface area contributed by atoms with Crippen LogP contribution in [0.25, 0.3) is 10.9 Å².